The van der Waals surface area contributed by atoms with Crippen LogP contribution in [0.2, 0.25) is 0 Å². The molecule has 0 saturated carbocycles. The number of carbonyl (C=O) groups excluding carboxylic acids is 2. The standard InChI is InChI=1S/C48H32N12O21S3.2Cu.2H2O/c61-24-15-35(63)43(36(64)16-24)59-53-29-6-1-20(11-27(29)47(69)70)49-51-22-3-8-31(40(13-22)83(76,77)78)55-57-33-10-5-26-39(82(73,74)75)19-34(46(68)42(26)45(33)67)58-56-32-9-4-23(14-41(32)84(79,80)81)52-50-21-2-7-30(28(12-21)48(71)72)54-60-44-37(65)17-25(62)18-38(44)66;;;;/h1-19,61-68H,(H,69,70)(H,71,72)(H,73,74,75)(H,76,77,78)(H,79,80,81);;;2*1H2/q;2*+2;;/p-4. The second kappa shape index (κ2) is 27.8. The van der Waals surface area contributed by atoms with E-state index in [0.29, 0.717) is 12.1 Å². The molecule has 0 aliphatic rings. The second-order valence-corrected chi connectivity index (χ2v) is 20.8. The third kappa shape index (κ3) is 15.9. The molecule has 0 amide bonds. The number of carboxylic acid groups (broad SMARTS) is 2. The van der Waals surface area contributed by atoms with Gasteiger partial charge in [-0.25, -0.2) is 0 Å². The molecule has 0 bridgehead atoms. The van der Waals surface area contributed by atoms with Crippen LogP contribution in [0.5, 0.6) is 46.0 Å². The maximum atomic E-state index is 12.6. The molecule has 88 heavy (non-hydrogen) atoms. The van der Waals surface area contributed by atoms with Crippen LogP contribution in [0.15, 0.2) is 191 Å². The van der Waals surface area contributed by atoms with E-state index in [9.17, 15) is 99.6 Å². The molecule has 0 atom stereocenters. The van der Waals surface area contributed by atoms with Crippen LogP contribution in [0.3, 0.4) is 0 Å². The number of hydrogen-bond acceptors (Lipinski definition) is 30. The zero-order chi connectivity index (χ0) is 61.2. The number of carboxylic acids is 2. The van der Waals surface area contributed by atoms with Gasteiger partial charge < -0.3 is 71.6 Å². The summed E-state index contributed by atoms with van der Waals surface area (Å²) in [5.74, 6) is -10.4. The van der Waals surface area contributed by atoms with Gasteiger partial charge in [0.2, 0.25) is 0 Å². The molecule has 40 heteroatoms. The third-order valence-electron chi connectivity index (χ3n) is 11.0. The van der Waals surface area contributed by atoms with Crippen molar-refractivity contribution in [2.75, 3.05) is 0 Å². The SMILES string of the molecule is O.O.O=C([O-])c1cc(N=Nc2ccc(N=Nc3ccc4c(S(=O)(=O)O)cc(N=Nc5ccc(N=Nc6ccc(N=Nc7c([O-])cc(O)cc7O)c(C(=O)[O-])c6)cc5S(=O)(=O)O)c(O)c4c3O)c(S(=O)(=O)O)c2)ccc1N=Nc1c([O-])cc(O)cc1O.[Cu+2].[Cu+2]. The van der Waals surface area contributed by atoms with Crippen molar-refractivity contribution in [2.24, 2.45) is 61.4 Å². The van der Waals surface area contributed by atoms with Gasteiger partial charge in [-0.3, -0.25) is 13.7 Å². The van der Waals surface area contributed by atoms with E-state index < -0.39 is 165 Å². The van der Waals surface area contributed by atoms with E-state index in [-0.39, 0.29) is 73.5 Å². The summed E-state index contributed by atoms with van der Waals surface area (Å²) in [6.07, 6.45) is 0. The van der Waals surface area contributed by atoms with E-state index in [2.05, 4.69) is 61.4 Å². The van der Waals surface area contributed by atoms with Crippen LogP contribution in [0.4, 0.5) is 68.2 Å². The van der Waals surface area contributed by atoms with Crippen LogP contribution in [0, 0.1) is 0 Å². The zero-order valence-corrected chi connectivity index (χ0v) is 46.9. The molecule has 0 heterocycles. The Bertz CT molecular complexity index is 4620. The largest absolute Gasteiger partial charge is 2.00 e. The Kier molecular flexibility index (Phi) is 22.1. The Labute approximate surface area is 511 Å². The summed E-state index contributed by atoms with van der Waals surface area (Å²) in [7, 11) is -15.7. The van der Waals surface area contributed by atoms with Gasteiger partial charge >= 0.3 is 34.1 Å². The molecular weight excluding hydrogens is 1340 g/mol. The Balaban J connectivity index is 0.00000414. The minimum Gasteiger partial charge on any atom is -0.871 e. The van der Waals surface area contributed by atoms with Gasteiger partial charge in [-0.15, -0.1) is 40.9 Å². The Morgan fingerprint density at radius 2 is 0.682 bits per heavy atom. The molecular formula is C48H32Cu2N12O23S3. The summed E-state index contributed by atoms with van der Waals surface area (Å²) >= 11 is 0. The molecule has 0 aliphatic heterocycles. The van der Waals surface area contributed by atoms with Crippen LogP contribution < -0.4 is 20.4 Å². The number of rotatable bonds is 17. The first-order valence-electron chi connectivity index (χ1n) is 22.4. The molecule has 0 spiro atoms. The number of benzene rings is 8. The number of azo groups is 6. The van der Waals surface area contributed by atoms with E-state index >= 15 is 0 Å². The first-order valence-corrected chi connectivity index (χ1v) is 26.7. The van der Waals surface area contributed by atoms with E-state index in [1.165, 1.54) is 0 Å². The van der Waals surface area contributed by atoms with Gasteiger partial charge in [0.15, 0.2) is 11.5 Å². The molecule has 0 unspecified atom stereocenters. The van der Waals surface area contributed by atoms with Gasteiger partial charge in [0, 0.05) is 28.6 Å². The Hall–Kier alpha value is -10.4. The van der Waals surface area contributed by atoms with Crippen LogP contribution >= 0.6 is 0 Å². The number of nitrogens with zero attached hydrogens (tertiary/aromatic N) is 12. The summed E-state index contributed by atoms with van der Waals surface area (Å²) < 4.78 is 106. The predicted molar refractivity (Wildman–Crippen MR) is 282 cm³/mol. The van der Waals surface area contributed by atoms with Crippen molar-refractivity contribution in [2.45, 2.75) is 14.7 Å². The summed E-state index contributed by atoms with van der Waals surface area (Å²) in [6.45, 7) is 0. The number of phenols is 6. The fourth-order valence-electron chi connectivity index (χ4n) is 7.19. The minimum atomic E-state index is -5.29. The Morgan fingerprint density at radius 3 is 1.05 bits per heavy atom. The quantitative estimate of drug-likeness (QED) is 0.0266. The van der Waals surface area contributed by atoms with E-state index in [0.717, 1.165) is 103 Å². The average molecular weight is 1370 g/mol. The molecule has 0 saturated heterocycles. The molecule has 0 fully saturated rings. The molecule has 0 aromatic heterocycles. The molecule has 462 valence electrons. The number of phenolic OH excluding ortho intramolecular Hbond substituents is 6. The molecule has 8 aromatic rings. The molecule has 0 aliphatic carbocycles. The van der Waals surface area contributed by atoms with Crippen molar-refractivity contribution in [1.29, 1.82) is 0 Å². The van der Waals surface area contributed by atoms with E-state index in [1.54, 1.807) is 0 Å². The number of hydrogen-bond donors (Lipinski definition) is 9. The van der Waals surface area contributed by atoms with Crippen molar-refractivity contribution in [1.82, 2.24) is 0 Å². The van der Waals surface area contributed by atoms with Gasteiger partial charge in [-0.1, -0.05) is 17.6 Å². The van der Waals surface area contributed by atoms with Gasteiger partial charge in [0.1, 0.15) is 71.8 Å². The number of fused-ring (bicyclic) bond motifs is 1. The molecule has 2 radical (unpaired) electrons. The minimum absolute atomic E-state index is 0. The smallest absolute Gasteiger partial charge is 0.871 e. The molecule has 8 rings (SSSR count). The van der Waals surface area contributed by atoms with Crippen LogP contribution in [-0.4, -0.2) is 92.4 Å². The van der Waals surface area contributed by atoms with E-state index in [1.807, 2.05) is 0 Å². The van der Waals surface area contributed by atoms with Crippen molar-refractivity contribution in [3.8, 4) is 46.0 Å². The molecule has 35 nitrogen and oxygen atoms in total. The van der Waals surface area contributed by atoms with E-state index in [4.69, 9.17) is 0 Å². The van der Waals surface area contributed by atoms with Gasteiger partial charge in [0.05, 0.1) is 51.4 Å². The normalized spacial score (nSPS) is 12.0. The Morgan fingerprint density at radius 1 is 0.364 bits per heavy atom. The van der Waals surface area contributed by atoms with Crippen molar-refractivity contribution in [3.05, 3.63) is 126 Å². The number of carbonyl (C=O) groups is 2. The first-order chi connectivity index (χ1) is 39.5. The maximum absolute atomic E-state index is 12.6. The summed E-state index contributed by atoms with van der Waals surface area (Å²) in [5.41, 5.74) is -7.22. The monoisotopic (exact) mass is 1370 g/mol. The van der Waals surface area contributed by atoms with Crippen molar-refractivity contribution >= 4 is 121 Å². The third-order valence-corrected chi connectivity index (χ3v) is 13.6. The predicted octanol–water partition coefficient (Wildman–Crippen LogP) is 6.53. The van der Waals surface area contributed by atoms with Gasteiger partial charge in [-0.05, 0) is 97.1 Å². The molecule has 13 N–H and O–H groups in total. The number of aromatic hydroxyl groups is 6. The fourth-order valence-corrected chi connectivity index (χ4v) is 9.18. The number of aromatic carboxylic acids is 2. The summed E-state index contributed by atoms with van der Waals surface area (Å²) in [6, 6.07) is 17.0. The van der Waals surface area contributed by atoms with Crippen molar-refractivity contribution in [3.63, 3.8) is 0 Å². The fraction of sp³-hybridized carbons (Fsp3) is 0. The zero-order valence-electron chi connectivity index (χ0n) is 42.6. The first kappa shape index (κ1) is 70.1. The average Bonchev–Trinajstić information content (AvgIpc) is 1.01. The topological polar surface area (TPSA) is 622 Å². The maximum Gasteiger partial charge on any atom is 2.00 e. The van der Waals surface area contributed by atoms with Gasteiger partial charge in [-0.2, -0.15) is 45.7 Å². The second-order valence-electron chi connectivity index (χ2n) is 16.6. The van der Waals surface area contributed by atoms with Crippen LogP contribution in [0.1, 0.15) is 20.7 Å². The summed E-state index contributed by atoms with van der Waals surface area (Å²) in [5, 5.41) is 153. The van der Waals surface area contributed by atoms with Crippen LogP contribution in [0.25, 0.3) is 10.8 Å². The molecule has 8 aromatic carbocycles. The van der Waals surface area contributed by atoms with Gasteiger partial charge in [0.25, 0.3) is 30.4 Å². The van der Waals surface area contributed by atoms with Crippen LogP contribution in [-0.2, 0) is 64.5 Å². The van der Waals surface area contributed by atoms with Crippen molar-refractivity contribution < 1.29 is 145 Å². The summed E-state index contributed by atoms with van der Waals surface area (Å²) in [4.78, 5) is 20.9.